The lowest BCUT2D eigenvalue weighted by Crippen LogP contribution is -1.98. The number of benzene rings is 2. The average molecular weight is 357 g/mol. The first-order valence-corrected chi connectivity index (χ1v) is 8.31. The Balaban J connectivity index is 1.98. The summed E-state index contributed by atoms with van der Waals surface area (Å²) in [6.45, 7) is 2.40. The number of hydrogen-bond acceptors (Lipinski definition) is 4. The molecule has 0 bridgehead atoms. The lowest BCUT2D eigenvalue weighted by Gasteiger charge is -2.12. The highest BCUT2D eigenvalue weighted by Gasteiger charge is 2.22. The van der Waals surface area contributed by atoms with Gasteiger partial charge in [-0.3, -0.25) is 0 Å². The topological polar surface area (TPSA) is 85.0 Å². The molecule has 3 aromatic rings. The van der Waals surface area contributed by atoms with E-state index in [1.165, 1.54) is 0 Å². The van der Waals surface area contributed by atoms with Gasteiger partial charge >= 0.3 is 0 Å². The Hall–Kier alpha value is -3.88. The van der Waals surface area contributed by atoms with E-state index in [-0.39, 0.29) is 6.79 Å². The smallest absolute Gasteiger partial charge is 0.231 e. The van der Waals surface area contributed by atoms with Crippen molar-refractivity contribution < 1.29 is 9.47 Å². The molecule has 1 aliphatic heterocycles. The van der Waals surface area contributed by atoms with Crippen LogP contribution in [0.2, 0.25) is 0 Å². The van der Waals surface area contributed by atoms with Crippen molar-refractivity contribution in [1.29, 1.82) is 0 Å². The molecule has 2 heterocycles. The fourth-order valence-electron chi connectivity index (χ4n) is 3.01. The number of ether oxygens (including phenoxy) is 2. The number of hydrogen-bond donors (Lipinski definition) is 0. The van der Waals surface area contributed by atoms with Crippen LogP contribution in [0.25, 0.3) is 33.0 Å². The maximum Gasteiger partial charge on any atom is 0.231 e. The third kappa shape index (κ3) is 3.06. The quantitative estimate of drug-likeness (QED) is 0.288. The molecule has 1 aliphatic rings. The zero-order chi connectivity index (χ0) is 18.6. The van der Waals surface area contributed by atoms with Crippen molar-refractivity contribution in [1.82, 2.24) is 9.55 Å². The van der Waals surface area contributed by atoms with E-state index in [0.29, 0.717) is 29.3 Å². The predicted octanol–water partition coefficient (Wildman–Crippen LogP) is 4.91. The van der Waals surface area contributed by atoms with E-state index in [9.17, 15) is 0 Å². The molecule has 2 aromatic carbocycles. The standard InChI is InChI=1S/C20H15N5O2/c1-2-3-9-25-12-22-19(14-7-5-4-6-8-14)20(25)15-10-17-18(27-13-26-17)11-16(15)23-24-21/h4-8,10-12H,9,13H2,1H3. The number of aromatic nitrogens is 2. The van der Waals surface area contributed by atoms with E-state index in [0.717, 1.165) is 17.0 Å². The fourth-order valence-corrected chi connectivity index (χ4v) is 3.01. The summed E-state index contributed by atoms with van der Waals surface area (Å²) in [6.07, 6.45) is 1.74. The van der Waals surface area contributed by atoms with Crippen LogP contribution in [0, 0.1) is 11.8 Å². The summed E-state index contributed by atoms with van der Waals surface area (Å²) in [5.74, 6) is 7.12. The van der Waals surface area contributed by atoms with Crippen LogP contribution in [0.5, 0.6) is 11.5 Å². The minimum atomic E-state index is 0.139. The van der Waals surface area contributed by atoms with Gasteiger partial charge in [-0.05, 0) is 24.6 Å². The van der Waals surface area contributed by atoms with Crippen molar-refractivity contribution in [2.45, 2.75) is 13.5 Å². The van der Waals surface area contributed by atoms with Crippen LogP contribution >= 0.6 is 0 Å². The van der Waals surface area contributed by atoms with Gasteiger partial charge in [0.15, 0.2) is 11.5 Å². The first-order chi connectivity index (χ1) is 13.3. The zero-order valence-corrected chi connectivity index (χ0v) is 14.6. The molecule has 0 unspecified atom stereocenters. The van der Waals surface area contributed by atoms with Crippen molar-refractivity contribution in [3.05, 3.63) is 59.2 Å². The maximum atomic E-state index is 9.03. The fraction of sp³-hybridized carbons (Fsp3) is 0.150. The highest BCUT2D eigenvalue weighted by Crippen LogP contribution is 2.45. The van der Waals surface area contributed by atoms with E-state index in [1.54, 1.807) is 19.3 Å². The third-order valence-corrected chi connectivity index (χ3v) is 4.21. The zero-order valence-electron chi connectivity index (χ0n) is 14.6. The molecular formula is C20H15N5O2. The molecule has 132 valence electrons. The van der Waals surface area contributed by atoms with Gasteiger partial charge in [0.25, 0.3) is 0 Å². The van der Waals surface area contributed by atoms with Gasteiger partial charge in [-0.1, -0.05) is 41.4 Å². The molecule has 0 spiro atoms. The predicted molar refractivity (Wildman–Crippen MR) is 101 cm³/mol. The Morgan fingerprint density at radius 1 is 1.22 bits per heavy atom. The van der Waals surface area contributed by atoms with E-state index >= 15 is 0 Å². The van der Waals surface area contributed by atoms with Gasteiger partial charge in [0.05, 0.1) is 29.9 Å². The lowest BCUT2D eigenvalue weighted by atomic mass is 10.0. The van der Waals surface area contributed by atoms with Crippen molar-refractivity contribution in [2.75, 3.05) is 6.79 Å². The minimum absolute atomic E-state index is 0.139. The normalized spacial score (nSPS) is 11.4. The molecule has 0 aliphatic carbocycles. The van der Waals surface area contributed by atoms with E-state index < -0.39 is 0 Å². The second kappa shape index (κ2) is 7.16. The summed E-state index contributed by atoms with van der Waals surface area (Å²) in [6, 6.07) is 13.4. The molecule has 7 nitrogen and oxygen atoms in total. The lowest BCUT2D eigenvalue weighted by molar-refractivity contribution is 0.174. The first kappa shape index (κ1) is 16.6. The second-order valence-electron chi connectivity index (χ2n) is 5.77. The van der Waals surface area contributed by atoms with Crippen LogP contribution < -0.4 is 9.47 Å². The number of imidazole rings is 1. The summed E-state index contributed by atoms with van der Waals surface area (Å²) in [5.41, 5.74) is 12.7. The molecule has 0 saturated carbocycles. The molecule has 0 saturated heterocycles. The molecule has 7 heteroatoms. The molecule has 1 aromatic heterocycles. The number of fused-ring (bicyclic) bond motifs is 1. The van der Waals surface area contributed by atoms with E-state index in [2.05, 4.69) is 26.9 Å². The van der Waals surface area contributed by atoms with Gasteiger partial charge in [0, 0.05) is 16.0 Å². The van der Waals surface area contributed by atoms with Crippen molar-refractivity contribution >= 4 is 5.69 Å². The Kier molecular flexibility index (Phi) is 4.40. The van der Waals surface area contributed by atoms with Crippen LogP contribution in [0.4, 0.5) is 5.69 Å². The third-order valence-electron chi connectivity index (χ3n) is 4.21. The van der Waals surface area contributed by atoms with Crippen molar-refractivity contribution in [2.24, 2.45) is 5.11 Å². The molecular weight excluding hydrogens is 342 g/mol. The summed E-state index contributed by atoms with van der Waals surface area (Å²) < 4.78 is 12.9. The molecule has 0 fully saturated rings. The van der Waals surface area contributed by atoms with Gasteiger partial charge in [-0.2, -0.15) is 0 Å². The largest absolute Gasteiger partial charge is 0.454 e. The maximum absolute atomic E-state index is 9.03. The molecule has 0 amide bonds. The van der Waals surface area contributed by atoms with E-state index in [1.807, 2.05) is 41.0 Å². The van der Waals surface area contributed by atoms with Gasteiger partial charge in [0.2, 0.25) is 6.79 Å². The molecule has 27 heavy (non-hydrogen) atoms. The van der Waals surface area contributed by atoms with E-state index in [4.69, 9.17) is 15.0 Å². The van der Waals surface area contributed by atoms with Gasteiger partial charge < -0.3 is 14.0 Å². The van der Waals surface area contributed by atoms with Crippen molar-refractivity contribution in [3.63, 3.8) is 0 Å². The summed E-state index contributed by atoms with van der Waals surface area (Å²) in [7, 11) is 0. The molecule has 4 rings (SSSR count). The molecule has 0 radical (unpaired) electrons. The van der Waals surface area contributed by atoms with Gasteiger partial charge in [-0.15, -0.1) is 5.92 Å². The van der Waals surface area contributed by atoms with Crippen molar-refractivity contribution in [3.8, 4) is 45.9 Å². The number of rotatable bonds is 4. The average Bonchev–Trinajstić information content (AvgIpc) is 3.33. The SMILES string of the molecule is CC#CCn1cnc(-c2ccccc2)c1-c1cc2c(cc1N=[N+]=[N-])OCO2. The Morgan fingerprint density at radius 2 is 2.00 bits per heavy atom. The minimum Gasteiger partial charge on any atom is -0.454 e. The number of azide groups is 1. The Bertz CT molecular complexity index is 1100. The van der Waals surface area contributed by atoms with Crippen LogP contribution in [-0.2, 0) is 6.54 Å². The Morgan fingerprint density at radius 3 is 2.74 bits per heavy atom. The summed E-state index contributed by atoms with van der Waals surface area (Å²) in [5, 5.41) is 3.86. The number of nitrogens with zero attached hydrogens (tertiary/aromatic N) is 5. The Labute approximate surface area is 155 Å². The van der Waals surface area contributed by atoms with Gasteiger partial charge in [0.1, 0.15) is 0 Å². The van der Waals surface area contributed by atoms with Crippen LogP contribution in [0.15, 0.2) is 53.9 Å². The van der Waals surface area contributed by atoms with Gasteiger partial charge in [-0.25, -0.2) is 4.98 Å². The summed E-state index contributed by atoms with van der Waals surface area (Å²) >= 11 is 0. The second-order valence-corrected chi connectivity index (χ2v) is 5.77. The molecule has 0 atom stereocenters. The summed E-state index contributed by atoms with van der Waals surface area (Å²) in [4.78, 5) is 7.57. The van der Waals surface area contributed by atoms with Crippen LogP contribution in [-0.4, -0.2) is 16.3 Å². The highest BCUT2D eigenvalue weighted by molar-refractivity contribution is 5.86. The van der Waals surface area contributed by atoms with Crippen LogP contribution in [0.3, 0.4) is 0 Å². The highest BCUT2D eigenvalue weighted by atomic mass is 16.7. The first-order valence-electron chi connectivity index (χ1n) is 8.31. The molecule has 0 N–H and O–H groups in total. The monoisotopic (exact) mass is 357 g/mol. The van der Waals surface area contributed by atoms with Crippen LogP contribution in [0.1, 0.15) is 6.92 Å².